The van der Waals surface area contributed by atoms with E-state index in [0.29, 0.717) is 41.6 Å². The zero-order valence-corrected chi connectivity index (χ0v) is 28.5. The molecule has 2 saturated carbocycles. The number of fused-ring (bicyclic) bond motifs is 1. The van der Waals surface area contributed by atoms with Crippen LogP contribution in [0.25, 0.3) is 0 Å². The summed E-state index contributed by atoms with van der Waals surface area (Å²) >= 11 is 0. The van der Waals surface area contributed by atoms with Crippen molar-refractivity contribution in [3.63, 3.8) is 0 Å². The predicted octanol–water partition coefficient (Wildman–Crippen LogP) is 5.68. The molecule has 0 radical (unpaired) electrons. The number of aryl methyl sites for hydroxylation is 1. The third kappa shape index (κ3) is 7.00. The Hall–Kier alpha value is -4.10. The van der Waals surface area contributed by atoms with Crippen LogP contribution < -0.4 is 16.0 Å². The van der Waals surface area contributed by atoms with Gasteiger partial charge in [0.2, 0.25) is 11.4 Å². The van der Waals surface area contributed by atoms with Crippen molar-refractivity contribution in [1.82, 2.24) is 25.3 Å². The molecule has 6 rings (SSSR count). The number of benzene rings is 1. The third-order valence-corrected chi connectivity index (χ3v) is 10.1. The largest absolute Gasteiger partial charge is 0.444 e. The average Bonchev–Trinajstić information content (AvgIpc) is 3.90. The minimum Gasteiger partial charge on any atom is -0.444 e. The molecule has 3 aliphatic carbocycles. The number of nitrogens with zero attached hydrogens (tertiary/aromatic N) is 3. The van der Waals surface area contributed by atoms with Gasteiger partial charge in [-0.25, -0.2) is 4.79 Å². The molecule has 266 valence electrons. The van der Waals surface area contributed by atoms with Crippen LogP contribution in [0.5, 0.6) is 0 Å². The Morgan fingerprint density at radius 2 is 1.69 bits per heavy atom. The van der Waals surface area contributed by atoms with Gasteiger partial charge in [-0.1, -0.05) is 6.07 Å². The molecule has 0 bridgehead atoms. The zero-order valence-electron chi connectivity index (χ0n) is 28.5. The summed E-state index contributed by atoms with van der Waals surface area (Å²) in [5.74, 6) is -1.15. The number of halogens is 3. The van der Waals surface area contributed by atoms with Crippen LogP contribution in [0.3, 0.4) is 0 Å². The number of rotatable bonds is 10. The Morgan fingerprint density at radius 3 is 2.29 bits per heavy atom. The number of alkyl carbamates (subject to hydrolysis) is 1. The van der Waals surface area contributed by atoms with Gasteiger partial charge in [-0.15, -0.1) is 0 Å². The highest BCUT2D eigenvalue weighted by Crippen LogP contribution is 2.51. The molecule has 0 spiro atoms. The van der Waals surface area contributed by atoms with Crippen LogP contribution in [0.1, 0.15) is 107 Å². The molecular weight excluding hydrogens is 641 g/mol. The molecule has 11 nitrogen and oxygen atoms in total. The van der Waals surface area contributed by atoms with Crippen molar-refractivity contribution in [3.05, 3.63) is 47.3 Å². The minimum atomic E-state index is -5.04. The van der Waals surface area contributed by atoms with Crippen molar-refractivity contribution < 1.29 is 37.1 Å². The number of hydrogen-bond donors (Lipinski definition) is 3. The number of anilines is 1. The first-order valence-electron chi connectivity index (χ1n) is 17.2. The third-order valence-electron chi connectivity index (χ3n) is 10.1. The summed E-state index contributed by atoms with van der Waals surface area (Å²) < 4.78 is 50.0. The molecule has 3 atom stereocenters. The Bertz CT molecular complexity index is 1610. The second kappa shape index (κ2) is 12.7. The van der Waals surface area contributed by atoms with Crippen LogP contribution in [0, 0.1) is 17.8 Å². The first-order valence-corrected chi connectivity index (χ1v) is 17.2. The minimum absolute atomic E-state index is 0.0162. The molecule has 1 aromatic heterocycles. The van der Waals surface area contributed by atoms with E-state index in [9.17, 15) is 32.3 Å². The molecular formula is C35H45F3N6O5. The second-order valence-electron chi connectivity index (χ2n) is 15.2. The number of carbonyl (C=O) groups excluding carboxylic acids is 4. The molecule has 3 fully saturated rings. The summed E-state index contributed by atoms with van der Waals surface area (Å²) in [4.78, 5) is 54.6. The maximum atomic E-state index is 14.4. The first-order chi connectivity index (χ1) is 23.0. The topological polar surface area (TPSA) is 135 Å². The van der Waals surface area contributed by atoms with Crippen molar-refractivity contribution in [2.45, 2.75) is 115 Å². The lowest BCUT2D eigenvalue weighted by Gasteiger charge is -2.33. The van der Waals surface area contributed by atoms with Gasteiger partial charge in [0, 0.05) is 30.9 Å². The Labute approximate surface area is 283 Å². The number of nitrogens with one attached hydrogen (secondary N) is 3. The SMILES string of the molecule is CC(C)n1nccc1C(=O)N[C@H](C(=O)Nc1ccc2c(c1)CC[C@H]2N1CC[C@](NC(=O)OC(C)(C)C)(C(F)(F)F)C1=O)C(C1CC1)C1CC1. The zero-order chi connectivity index (χ0) is 35.5. The summed E-state index contributed by atoms with van der Waals surface area (Å²) in [7, 11) is 0. The van der Waals surface area contributed by atoms with Crippen LogP contribution in [-0.4, -0.2) is 68.4 Å². The van der Waals surface area contributed by atoms with Crippen LogP contribution in [0.2, 0.25) is 0 Å². The first kappa shape index (κ1) is 34.8. The van der Waals surface area contributed by atoms with Gasteiger partial charge >= 0.3 is 12.3 Å². The van der Waals surface area contributed by atoms with Crippen molar-refractivity contribution in [1.29, 1.82) is 0 Å². The Morgan fingerprint density at radius 1 is 1.02 bits per heavy atom. The van der Waals surface area contributed by atoms with E-state index < -0.39 is 47.8 Å². The molecule has 4 aliphatic rings. The highest BCUT2D eigenvalue weighted by Gasteiger charge is 2.66. The lowest BCUT2D eigenvalue weighted by molar-refractivity contribution is -0.197. The van der Waals surface area contributed by atoms with Gasteiger partial charge in [0.1, 0.15) is 17.3 Å². The fourth-order valence-corrected chi connectivity index (χ4v) is 7.53. The van der Waals surface area contributed by atoms with E-state index in [4.69, 9.17) is 4.74 Å². The number of likely N-dealkylation sites (tertiary alicyclic amines) is 1. The smallest absolute Gasteiger partial charge is 0.420 e. The van der Waals surface area contributed by atoms with Crippen molar-refractivity contribution >= 4 is 29.5 Å². The fourth-order valence-electron chi connectivity index (χ4n) is 7.53. The molecule has 49 heavy (non-hydrogen) atoms. The van der Waals surface area contributed by atoms with Gasteiger partial charge in [-0.2, -0.15) is 18.3 Å². The Balaban J connectivity index is 1.19. The summed E-state index contributed by atoms with van der Waals surface area (Å²) in [6, 6.07) is 5.44. The van der Waals surface area contributed by atoms with Gasteiger partial charge in [-0.05, 0) is 120 Å². The van der Waals surface area contributed by atoms with Crippen LogP contribution in [-0.2, 0) is 20.7 Å². The van der Waals surface area contributed by atoms with E-state index in [-0.39, 0.29) is 30.3 Å². The molecule has 1 saturated heterocycles. The molecule has 1 aromatic carbocycles. The molecule has 3 N–H and O–H groups in total. The van der Waals surface area contributed by atoms with Crippen molar-refractivity contribution in [2.24, 2.45) is 17.8 Å². The molecule has 14 heteroatoms. The summed E-state index contributed by atoms with van der Waals surface area (Å²) in [5.41, 5.74) is -1.74. The van der Waals surface area contributed by atoms with E-state index in [2.05, 4.69) is 15.7 Å². The maximum Gasteiger partial charge on any atom is 0.420 e. The summed E-state index contributed by atoms with van der Waals surface area (Å²) in [5, 5.41) is 12.2. The van der Waals surface area contributed by atoms with E-state index in [1.165, 1.54) is 25.7 Å². The molecule has 2 heterocycles. The number of aromatic nitrogens is 2. The lowest BCUT2D eigenvalue weighted by Crippen LogP contribution is -2.63. The highest BCUT2D eigenvalue weighted by atomic mass is 19.4. The van der Waals surface area contributed by atoms with Crippen LogP contribution in [0.4, 0.5) is 23.7 Å². The summed E-state index contributed by atoms with van der Waals surface area (Å²) in [6.07, 6.45) is -0.467. The Kier molecular flexibility index (Phi) is 8.98. The number of alkyl halides is 3. The number of ether oxygens (including phenoxy) is 1. The second-order valence-corrected chi connectivity index (χ2v) is 15.2. The van der Waals surface area contributed by atoms with E-state index >= 15 is 0 Å². The lowest BCUT2D eigenvalue weighted by atomic mass is 9.88. The summed E-state index contributed by atoms with van der Waals surface area (Å²) in [6.45, 7) is 8.24. The highest BCUT2D eigenvalue weighted by molar-refractivity contribution is 6.01. The van der Waals surface area contributed by atoms with E-state index in [1.807, 2.05) is 19.2 Å². The van der Waals surface area contributed by atoms with Gasteiger partial charge in [0.25, 0.3) is 11.8 Å². The van der Waals surface area contributed by atoms with Crippen molar-refractivity contribution in [3.8, 4) is 0 Å². The number of hydrogen-bond acceptors (Lipinski definition) is 6. The van der Waals surface area contributed by atoms with Gasteiger partial charge < -0.3 is 20.3 Å². The quantitative estimate of drug-likeness (QED) is 0.295. The molecule has 2 aromatic rings. The fraction of sp³-hybridized carbons (Fsp3) is 0.629. The van der Waals surface area contributed by atoms with Gasteiger partial charge in [-0.3, -0.25) is 24.4 Å². The molecule has 0 unspecified atom stereocenters. The predicted molar refractivity (Wildman–Crippen MR) is 173 cm³/mol. The molecule has 1 aliphatic heterocycles. The van der Waals surface area contributed by atoms with Gasteiger partial charge in [0.05, 0.1) is 6.04 Å². The van der Waals surface area contributed by atoms with E-state index in [0.717, 1.165) is 31.2 Å². The van der Waals surface area contributed by atoms with E-state index in [1.54, 1.807) is 35.1 Å². The number of amides is 4. The normalized spacial score (nSPS) is 23.1. The van der Waals surface area contributed by atoms with Crippen LogP contribution >= 0.6 is 0 Å². The van der Waals surface area contributed by atoms with Crippen molar-refractivity contribution in [2.75, 3.05) is 11.9 Å². The monoisotopic (exact) mass is 686 g/mol. The molecule has 4 amide bonds. The average molecular weight is 687 g/mol. The maximum absolute atomic E-state index is 14.4. The standard InChI is InChI=1S/C35H45F3N6O5/c1-19(2)44-26(14-16-39-44)29(45)41-28(27(20-6-7-20)21-8-9-21)30(46)40-23-11-12-24-22(18-23)10-13-25(24)43-17-15-34(31(43)47,35(36,37)38)42-32(48)49-33(3,4)5/h11-12,14,16,18-21,25,27-28H,6-10,13,15,17H2,1-5H3,(H,40,46)(H,41,45)(H,42,48)/t25-,28+,34-/m1/s1. The van der Waals surface area contributed by atoms with Crippen LogP contribution in [0.15, 0.2) is 30.5 Å². The number of carbonyl (C=O) groups is 4. The van der Waals surface area contributed by atoms with Gasteiger partial charge in [0.15, 0.2) is 0 Å².